The van der Waals surface area contributed by atoms with Crippen LogP contribution in [0.25, 0.3) is 20.7 Å². The highest BCUT2D eigenvalue weighted by Crippen LogP contribution is 2.30. The molecule has 2 aromatic heterocycles. The third-order valence-electron chi connectivity index (χ3n) is 3.76. The van der Waals surface area contributed by atoms with Crippen molar-refractivity contribution >= 4 is 33.2 Å². The fourth-order valence-corrected chi connectivity index (χ4v) is 3.69. The number of hydrogen-bond acceptors (Lipinski definition) is 4. The van der Waals surface area contributed by atoms with Gasteiger partial charge in [0, 0.05) is 9.90 Å². The van der Waals surface area contributed by atoms with E-state index in [1.165, 1.54) is 16.0 Å². The number of aromatic nitrogens is 3. The van der Waals surface area contributed by atoms with E-state index in [9.17, 15) is 4.79 Å². The molecule has 0 radical (unpaired) electrons. The summed E-state index contributed by atoms with van der Waals surface area (Å²) in [7, 11) is 0. The maximum atomic E-state index is 12.7. The summed E-state index contributed by atoms with van der Waals surface area (Å²) in [5.74, 6) is 0. The lowest BCUT2D eigenvalue weighted by Gasteiger charge is -2.05. The van der Waals surface area contributed by atoms with E-state index < -0.39 is 0 Å². The minimum absolute atomic E-state index is 0.154. The van der Waals surface area contributed by atoms with E-state index >= 15 is 0 Å². The van der Waals surface area contributed by atoms with Gasteiger partial charge in [-0.3, -0.25) is 4.79 Å². The van der Waals surface area contributed by atoms with Crippen LogP contribution >= 0.6 is 22.9 Å². The van der Waals surface area contributed by atoms with Crippen LogP contribution in [0.1, 0.15) is 5.56 Å². The summed E-state index contributed by atoms with van der Waals surface area (Å²) in [6, 6.07) is 19.2. The van der Waals surface area contributed by atoms with E-state index in [1.807, 2.05) is 54.6 Å². The fraction of sp³-hybridized carbons (Fsp3) is 0.0556. The third-order valence-corrected chi connectivity index (χ3v) is 5.19. The molecule has 6 heteroatoms. The van der Waals surface area contributed by atoms with Crippen LogP contribution in [0.4, 0.5) is 0 Å². The van der Waals surface area contributed by atoms with Crippen molar-refractivity contribution in [1.29, 1.82) is 0 Å². The molecule has 2 heterocycles. The van der Waals surface area contributed by atoms with E-state index in [0.717, 1.165) is 16.0 Å². The number of rotatable bonds is 3. The molecule has 118 valence electrons. The second-order valence-electron chi connectivity index (χ2n) is 5.34. The van der Waals surface area contributed by atoms with Crippen LogP contribution in [-0.2, 0) is 6.54 Å². The topological polar surface area (TPSA) is 47.8 Å². The smallest absolute Gasteiger partial charge is 0.267 e. The normalized spacial score (nSPS) is 11.0. The monoisotopic (exact) mass is 353 g/mol. The van der Waals surface area contributed by atoms with Crippen LogP contribution in [0.5, 0.6) is 0 Å². The van der Waals surface area contributed by atoms with Crippen LogP contribution in [0.2, 0.25) is 5.02 Å². The van der Waals surface area contributed by atoms with Crippen molar-refractivity contribution in [2.24, 2.45) is 0 Å². The Morgan fingerprint density at radius 1 is 1.04 bits per heavy atom. The van der Waals surface area contributed by atoms with Crippen LogP contribution in [0.15, 0.2) is 65.5 Å². The number of thiophene rings is 1. The molecule has 0 N–H and O–H groups in total. The standard InChI is InChI=1S/C18H12ClN3OS/c19-15-9-5-4-8-13(15)11-22-18(23)14-10-16(24-17(14)20-21-22)12-6-2-1-3-7-12/h1-10H,11H2. The Kier molecular flexibility index (Phi) is 3.88. The van der Waals surface area contributed by atoms with Crippen LogP contribution in [-0.4, -0.2) is 15.0 Å². The van der Waals surface area contributed by atoms with Gasteiger partial charge in [-0.2, -0.15) is 0 Å². The average Bonchev–Trinajstić information content (AvgIpc) is 3.05. The Morgan fingerprint density at radius 2 is 1.79 bits per heavy atom. The van der Waals surface area contributed by atoms with E-state index in [1.54, 1.807) is 6.07 Å². The SMILES string of the molecule is O=c1c2cc(-c3ccccc3)sc2nnn1Cc1ccccc1Cl. The first-order valence-corrected chi connectivity index (χ1v) is 8.58. The lowest BCUT2D eigenvalue weighted by Crippen LogP contribution is -2.24. The highest BCUT2D eigenvalue weighted by atomic mass is 35.5. The first kappa shape index (κ1) is 15.1. The maximum absolute atomic E-state index is 12.7. The zero-order valence-electron chi connectivity index (χ0n) is 12.5. The molecule has 0 fully saturated rings. The molecule has 0 aliphatic heterocycles. The highest BCUT2D eigenvalue weighted by Gasteiger charge is 2.12. The van der Waals surface area contributed by atoms with Crippen molar-refractivity contribution in [2.75, 3.05) is 0 Å². The van der Waals surface area contributed by atoms with Gasteiger partial charge in [-0.1, -0.05) is 65.3 Å². The quantitative estimate of drug-likeness (QED) is 0.554. The van der Waals surface area contributed by atoms with Gasteiger partial charge in [0.15, 0.2) is 4.83 Å². The van der Waals surface area contributed by atoms with Gasteiger partial charge >= 0.3 is 0 Å². The Bertz CT molecular complexity index is 1070. The van der Waals surface area contributed by atoms with Gasteiger partial charge in [0.2, 0.25) is 0 Å². The van der Waals surface area contributed by atoms with Gasteiger partial charge < -0.3 is 0 Å². The van der Waals surface area contributed by atoms with Crippen molar-refractivity contribution in [3.8, 4) is 10.4 Å². The van der Waals surface area contributed by atoms with Gasteiger partial charge in [0.1, 0.15) is 0 Å². The summed E-state index contributed by atoms with van der Waals surface area (Å²) in [5.41, 5.74) is 1.75. The van der Waals surface area contributed by atoms with E-state index in [-0.39, 0.29) is 5.56 Å². The van der Waals surface area contributed by atoms with Gasteiger partial charge in [0.25, 0.3) is 5.56 Å². The van der Waals surface area contributed by atoms with Crippen LogP contribution < -0.4 is 5.56 Å². The van der Waals surface area contributed by atoms with Crippen molar-refractivity contribution in [3.63, 3.8) is 0 Å². The molecule has 0 bridgehead atoms. The second-order valence-corrected chi connectivity index (χ2v) is 6.78. The van der Waals surface area contributed by atoms with Crippen molar-refractivity contribution in [3.05, 3.63) is 81.6 Å². The zero-order chi connectivity index (χ0) is 16.5. The first-order chi connectivity index (χ1) is 11.7. The number of halogens is 1. The molecule has 2 aromatic carbocycles. The lowest BCUT2D eigenvalue weighted by atomic mass is 10.2. The molecule has 0 unspecified atom stereocenters. The molecule has 0 aliphatic rings. The van der Waals surface area contributed by atoms with Crippen LogP contribution in [0.3, 0.4) is 0 Å². The summed E-state index contributed by atoms with van der Waals surface area (Å²) in [6.07, 6.45) is 0. The molecule has 0 aliphatic carbocycles. The summed E-state index contributed by atoms with van der Waals surface area (Å²) < 4.78 is 1.35. The molecule has 0 saturated heterocycles. The molecule has 0 spiro atoms. The van der Waals surface area contributed by atoms with Crippen LogP contribution in [0, 0.1) is 0 Å². The van der Waals surface area contributed by atoms with Crippen molar-refractivity contribution in [1.82, 2.24) is 15.0 Å². The van der Waals surface area contributed by atoms with E-state index in [4.69, 9.17) is 11.6 Å². The second kappa shape index (κ2) is 6.19. The van der Waals surface area contributed by atoms with Gasteiger partial charge in [-0.25, -0.2) is 4.68 Å². The molecule has 0 amide bonds. The molecule has 4 nitrogen and oxygen atoms in total. The molecule has 0 saturated carbocycles. The number of benzene rings is 2. The van der Waals surface area contributed by atoms with Gasteiger partial charge in [-0.05, 0) is 23.3 Å². The summed E-state index contributed by atoms with van der Waals surface area (Å²) in [4.78, 5) is 14.4. The summed E-state index contributed by atoms with van der Waals surface area (Å²) in [6.45, 7) is 0.304. The maximum Gasteiger partial charge on any atom is 0.278 e. The van der Waals surface area contributed by atoms with E-state index in [0.29, 0.717) is 21.8 Å². The predicted molar refractivity (Wildman–Crippen MR) is 97.7 cm³/mol. The molecule has 4 rings (SSSR count). The predicted octanol–water partition coefficient (Wildman–Crippen LogP) is 4.22. The van der Waals surface area contributed by atoms with Gasteiger partial charge in [0.05, 0.1) is 11.9 Å². The Morgan fingerprint density at radius 3 is 2.58 bits per heavy atom. The average molecular weight is 354 g/mol. The van der Waals surface area contributed by atoms with E-state index in [2.05, 4.69) is 10.3 Å². The molecular formula is C18H12ClN3OS. The number of hydrogen-bond donors (Lipinski definition) is 0. The molecule has 24 heavy (non-hydrogen) atoms. The summed E-state index contributed by atoms with van der Waals surface area (Å²) >= 11 is 7.64. The molecule has 0 atom stereocenters. The highest BCUT2D eigenvalue weighted by molar-refractivity contribution is 7.21. The summed E-state index contributed by atoms with van der Waals surface area (Å²) in [5, 5.41) is 9.45. The number of fused-ring (bicyclic) bond motifs is 1. The minimum atomic E-state index is -0.154. The lowest BCUT2D eigenvalue weighted by molar-refractivity contribution is 0.602. The molecule has 4 aromatic rings. The van der Waals surface area contributed by atoms with Crippen molar-refractivity contribution < 1.29 is 0 Å². The fourth-order valence-electron chi connectivity index (χ4n) is 2.52. The number of nitrogens with zero attached hydrogens (tertiary/aromatic N) is 3. The Balaban J connectivity index is 1.78. The Labute approximate surface area is 147 Å². The molecular weight excluding hydrogens is 342 g/mol. The largest absolute Gasteiger partial charge is 0.278 e. The third kappa shape index (κ3) is 2.72. The van der Waals surface area contributed by atoms with Gasteiger partial charge in [-0.15, -0.1) is 16.4 Å². The first-order valence-electron chi connectivity index (χ1n) is 7.38. The van der Waals surface area contributed by atoms with Crippen molar-refractivity contribution in [2.45, 2.75) is 6.54 Å². The zero-order valence-corrected chi connectivity index (χ0v) is 14.1. The Hall–Kier alpha value is -2.50. The minimum Gasteiger partial charge on any atom is -0.267 e.